The number of carbonyl (C=O) groups is 1. The van der Waals surface area contributed by atoms with Crippen LogP contribution >= 0.6 is 0 Å². The second-order valence-electron chi connectivity index (χ2n) is 4.43. The largest absolute Gasteiger partial charge is 0.322 e. The van der Waals surface area contributed by atoms with Crippen molar-refractivity contribution in [3.63, 3.8) is 0 Å². The zero-order valence-electron chi connectivity index (χ0n) is 11.0. The minimum atomic E-state index is -0.512. The summed E-state index contributed by atoms with van der Waals surface area (Å²) >= 11 is 0. The van der Waals surface area contributed by atoms with Crippen LogP contribution in [0.15, 0.2) is 42.5 Å². The van der Waals surface area contributed by atoms with Gasteiger partial charge in [0, 0.05) is 5.69 Å². The summed E-state index contributed by atoms with van der Waals surface area (Å²) < 4.78 is 13.5. The lowest BCUT2D eigenvalue weighted by molar-refractivity contribution is 0.102. The smallest absolute Gasteiger partial charge is 0.258 e. The van der Waals surface area contributed by atoms with Gasteiger partial charge in [-0.15, -0.1) is 0 Å². The molecule has 2 aromatic carbocycles. The van der Waals surface area contributed by atoms with E-state index in [4.69, 9.17) is 0 Å². The highest BCUT2D eigenvalue weighted by atomic mass is 19.1. The van der Waals surface area contributed by atoms with Gasteiger partial charge in [-0.05, 0) is 48.7 Å². The lowest BCUT2D eigenvalue weighted by Gasteiger charge is -2.09. The van der Waals surface area contributed by atoms with Gasteiger partial charge in [-0.3, -0.25) is 4.79 Å². The minimum Gasteiger partial charge on any atom is -0.322 e. The van der Waals surface area contributed by atoms with Crippen molar-refractivity contribution in [1.29, 1.82) is 0 Å². The minimum absolute atomic E-state index is 0.0553. The summed E-state index contributed by atoms with van der Waals surface area (Å²) in [6.45, 7) is 4.08. The molecule has 0 aliphatic heterocycles. The quantitative estimate of drug-likeness (QED) is 0.886. The van der Waals surface area contributed by atoms with Crippen molar-refractivity contribution in [2.45, 2.75) is 20.3 Å². The van der Waals surface area contributed by atoms with Gasteiger partial charge in [0.2, 0.25) is 0 Å². The van der Waals surface area contributed by atoms with E-state index < -0.39 is 11.7 Å². The normalized spacial score (nSPS) is 10.3. The monoisotopic (exact) mass is 257 g/mol. The molecule has 0 aliphatic carbocycles. The first-order valence-electron chi connectivity index (χ1n) is 6.27. The van der Waals surface area contributed by atoms with E-state index in [1.807, 2.05) is 25.1 Å². The van der Waals surface area contributed by atoms with Gasteiger partial charge in [0.1, 0.15) is 5.82 Å². The fourth-order valence-corrected chi connectivity index (χ4v) is 2.01. The zero-order chi connectivity index (χ0) is 13.8. The number of hydrogen-bond donors (Lipinski definition) is 1. The van der Waals surface area contributed by atoms with Crippen LogP contribution in [-0.4, -0.2) is 5.91 Å². The lowest BCUT2D eigenvalue weighted by Crippen LogP contribution is -2.13. The Morgan fingerprint density at radius 3 is 2.58 bits per heavy atom. The average molecular weight is 257 g/mol. The predicted octanol–water partition coefficient (Wildman–Crippen LogP) is 3.95. The van der Waals surface area contributed by atoms with Gasteiger partial charge < -0.3 is 5.32 Å². The number of benzene rings is 2. The lowest BCUT2D eigenvalue weighted by atomic mass is 10.1. The molecule has 0 spiro atoms. The first-order valence-corrected chi connectivity index (χ1v) is 6.27. The molecule has 19 heavy (non-hydrogen) atoms. The molecule has 2 aromatic rings. The highest BCUT2D eigenvalue weighted by Gasteiger charge is 2.11. The van der Waals surface area contributed by atoms with Crippen LogP contribution in [0.3, 0.4) is 0 Å². The van der Waals surface area contributed by atoms with Crippen LogP contribution in [0.2, 0.25) is 0 Å². The number of hydrogen-bond acceptors (Lipinski definition) is 1. The van der Waals surface area contributed by atoms with E-state index in [2.05, 4.69) is 12.2 Å². The average Bonchev–Trinajstić information content (AvgIpc) is 2.39. The molecule has 1 amide bonds. The maximum Gasteiger partial charge on any atom is 0.258 e. The predicted molar refractivity (Wildman–Crippen MR) is 74.9 cm³/mol. The second-order valence-corrected chi connectivity index (χ2v) is 4.43. The molecule has 0 aromatic heterocycles. The van der Waals surface area contributed by atoms with Gasteiger partial charge in [0.15, 0.2) is 0 Å². The summed E-state index contributed by atoms with van der Waals surface area (Å²) in [5.74, 6) is -0.941. The SMILES string of the molecule is CCc1ccc(NC(=O)c2ccccc2F)cc1C. The Morgan fingerprint density at radius 2 is 1.95 bits per heavy atom. The van der Waals surface area contributed by atoms with E-state index in [1.54, 1.807) is 12.1 Å². The molecule has 0 fully saturated rings. The number of aryl methyl sites for hydroxylation is 2. The van der Waals surface area contributed by atoms with Crippen LogP contribution in [0.5, 0.6) is 0 Å². The molecule has 2 nitrogen and oxygen atoms in total. The van der Waals surface area contributed by atoms with Crippen molar-refractivity contribution >= 4 is 11.6 Å². The summed E-state index contributed by atoms with van der Waals surface area (Å²) in [7, 11) is 0. The molecule has 0 saturated carbocycles. The van der Waals surface area contributed by atoms with Crippen LogP contribution in [0.25, 0.3) is 0 Å². The van der Waals surface area contributed by atoms with Crippen LogP contribution in [-0.2, 0) is 6.42 Å². The Kier molecular flexibility index (Phi) is 3.95. The second kappa shape index (κ2) is 5.65. The molecule has 0 atom stereocenters. The molecule has 0 radical (unpaired) electrons. The third kappa shape index (κ3) is 2.99. The molecular weight excluding hydrogens is 241 g/mol. The van der Waals surface area contributed by atoms with Crippen molar-refractivity contribution < 1.29 is 9.18 Å². The van der Waals surface area contributed by atoms with Gasteiger partial charge in [0.25, 0.3) is 5.91 Å². The standard InChI is InChI=1S/C16H16FNO/c1-3-12-8-9-13(10-11(12)2)18-16(19)14-6-4-5-7-15(14)17/h4-10H,3H2,1-2H3,(H,18,19). The van der Waals surface area contributed by atoms with Gasteiger partial charge in [-0.25, -0.2) is 4.39 Å². The third-order valence-corrected chi connectivity index (χ3v) is 3.10. The molecule has 98 valence electrons. The molecule has 2 rings (SSSR count). The van der Waals surface area contributed by atoms with E-state index in [9.17, 15) is 9.18 Å². The molecule has 3 heteroatoms. The van der Waals surface area contributed by atoms with Crippen molar-refractivity contribution in [2.24, 2.45) is 0 Å². The first-order chi connectivity index (χ1) is 9.11. The summed E-state index contributed by atoms with van der Waals surface area (Å²) in [4.78, 5) is 11.9. The van der Waals surface area contributed by atoms with E-state index in [1.165, 1.54) is 17.7 Å². The highest BCUT2D eigenvalue weighted by Crippen LogP contribution is 2.17. The van der Waals surface area contributed by atoms with Crippen molar-refractivity contribution in [1.82, 2.24) is 0 Å². The Morgan fingerprint density at radius 1 is 1.21 bits per heavy atom. The highest BCUT2D eigenvalue weighted by molar-refractivity contribution is 6.04. The molecule has 0 aliphatic rings. The summed E-state index contributed by atoms with van der Waals surface area (Å²) in [6.07, 6.45) is 0.952. The molecular formula is C16H16FNO. The first kappa shape index (κ1) is 13.3. The van der Waals surface area contributed by atoms with E-state index in [-0.39, 0.29) is 5.56 Å². The van der Waals surface area contributed by atoms with E-state index in [0.29, 0.717) is 5.69 Å². The molecule has 0 bridgehead atoms. The maximum absolute atomic E-state index is 13.5. The fraction of sp³-hybridized carbons (Fsp3) is 0.188. The van der Waals surface area contributed by atoms with Crippen molar-refractivity contribution in [3.8, 4) is 0 Å². The number of nitrogens with one attached hydrogen (secondary N) is 1. The summed E-state index contributed by atoms with van der Waals surface area (Å²) in [5, 5.41) is 2.71. The van der Waals surface area contributed by atoms with Gasteiger partial charge in [-0.2, -0.15) is 0 Å². The van der Waals surface area contributed by atoms with Gasteiger partial charge >= 0.3 is 0 Å². The van der Waals surface area contributed by atoms with E-state index >= 15 is 0 Å². The van der Waals surface area contributed by atoms with Crippen LogP contribution in [0, 0.1) is 12.7 Å². The molecule has 0 heterocycles. The zero-order valence-corrected chi connectivity index (χ0v) is 11.0. The number of carbonyl (C=O) groups excluding carboxylic acids is 1. The Bertz CT molecular complexity index is 607. The topological polar surface area (TPSA) is 29.1 Å². The Labute approximate surface area is 112 Å². The van der Waals surface area contributed by atoms with Crippen molar-refractivity contribution in [2.75, 3.05) is 5.32 Å². The Hall–Kier alpha value is -2.16. The van der Waals surface area contributed by atoms with Crippen molar-refractivity contribution in [3.05, 3.63) is 65.0 Å². The number of halogens is 1. The van der Waals surface area contributed by atoms with Crippen LogP contribution in [0.4, 0.5) is 10.1 Å². The third-order valence-electron chi connectivity index (χ3n) is 3.10. The Balaban J connectivity index is 2.20. The van der Waals surface area contributed by atoms with Crippen LogP contribution in [0.1, 0.15) is 28.4 Å². The van der Waals surface area contributed by atoms with Gasteiger partial charge in [0.05, 0.1) is 5.56 Å². The van der Waals surface area contributed by atoms with E-state index in [0.717, 1.165) is 12.0 Å². The number of rotatable bonds is 3. The van der Waals surface area contributed by atoms with Crippen LogP contribution < -0.4 is 5.32 Å². The molecule has 0 saturated heterocycles. The number of anilines is 1. The van der Waals surface area contributed by atoms with Gasteiger partial charge in [-0.1, -0.05) is 25.1 Å². The fourth-order valence-electron chi connectivity index (χ4n) is 2.01. The summed E-state index contributed by atoms with van der Waals surface area (Å²) in [5.41, 5.74) is 3.10. The summed E-state index contributed by atoms with van der Waals surface area (Å²) in [6, 6.07) is 11.7. The number of amides is 1. The maximum atomic E-state index is 13.5. The molecule has 0 unspecified atom stereocenters. The molecule has 1 N–H and O–H groups in total.